The van der Waals surface area contributed by atoms with Crippen molar-refractivity contribution in [2.75, 3.05) is 12.8 Å². The number of nitrogens with zero attached hydrogens (tertiary/aromatic N) is 1. The third kappa shape index (κ3) is 3.31. The summed E-state index contributed by atoms with van der Waals surface area (Å²) < 4.78 is 0. The molecule has 0 aliphatic heterocycles. The van der Waals surface area contributed by atoms with Gasteiger partial charge in [0.25, 0.3) is 0 Å². The van der Waals surface area contributed by atoms with Gasteiger partial charge in [0.1, 0.15) is 0 Å². The molecule has 0 fully saturated rings. The Morgan fingerprint density at radius 3 is 2.79 bits per heavy atom. The zero-order valence-electron chi connectivity index (χ0n) is 8.81. The van der Waals surface area contributed by atoms with Crippen LogP contribution in [-0.4, -0.2) is 23.0 Å². The van der Waals surface area contributed by atoms with Gasteiger partial charge in [-0.25, -0.2) is 0 Å². The number of nitrogens with two attached hydrogens (primary N) is 1. The average molecular weight is 210 g/mol. The molecule has 14 heavy (non-hydrogen) atoms. The first-order valence-electron chi connectivity index (χ1n) is 4.91. The first-order valence-corrected chi connectivity index (χ1v) is 6.20. The molecule has 0 bridgehead atoms. The van der Waals surface area contributed by atoms with Crippen molar-refractivity contribution in [3.05, 3.63) is 30.1 Å². The summed E-state index contributed by atoms with van der Waals surface area (Å²) in [6.45, 7) is 2.91. The summed E-state index contributed by atoms with van der Waals surface area (Å²) in [5.74, 6) is 0.402. The summed E-state index contributed by atoms with van der Waals surface area (Å²) in [6.07, 6.45) is 5.08. The van der Waals surface area contributed by atoms with E-state index in [1.807, 2.05) is 30.1 Å². The maximum Gasteiger partial charge on any atom is 0.0447 e. The molecule has 2 N–H and O–H groups in total. The molecule has 78 valence electrons. The second-order valence-corrected chi connectivity index (χ2v) is 4.75. The highest BCUT2D eigenvalue weighted by molar-refractivity contribution is 7.99. The van der Waals surface area contributed by atoms with Crippen LogP contribution in [0.2, 0.25) is 0 Å². The Kier molecular flexibility index (Phi) is 4.98. The van der Waals surface area contributed by atoms with Gasteiger partial charge in [0, 0.05) is 29.6 Å². The maximum absolute atomic E-state index is 5.76. The Morgan fingerprint density at radius 1 is 1.50 bits per heavy atom. The molecule has 2 nitrogen and oxygen atoms in total. The van der Waals surface area contributed by atoms with Gasteiger partial charge >= 0.3 is 0 Å². The van der Waals surface area contributed by atoms with Gasteiger partial charge in [-0.1, -0.05) is 13.0 Å². The molecular formula is C11H18N2S. The van der Waals surface area contributed by atoms with Crippen LogP contribution in [0.3, 0.4) is 0 Å². The van der Waals surface area contributed by atoms with Gasteiger partial charge in [-0.05, 0) is 24.8 Å². The van der Waals surface area contributed by atoms with Crippen molar-refractivity contribution in [2.45, 2.75) is 24.5 Å². The van der Waals surface area contributed by atoms with Crippen LogP contribution in [0.25, 0.3) is 0 Å². The Labute approximate surface area is 90.3 Å². The predicted molar refractivity (Wildman–Crippen MR) is 63.6 cm³/mol. The van der Waals surface area contributed by atoms with Gasteiger partial charge in [0.15, 0.2) is 0 Å². The highest BCUT2D eigenvalue weighted by Gasteiger charge is 2.13. The van der Waals surface area contributed by atoms with E-state index in [2.05, 4.69) is 24.2 Å². The molecule has 1 aromatic heterocycles. The Balaban J connectivity index is 2.63. The molecule has 2 atom stereocenters. The first kappa shape index (κ1) is 11.5. The van der Waals surface area contributed by atoms with E-state index in [0.29, 0.717) is 17.7 Å². The Hall–Kier alpha value is -0.540. The minimum atomic E-state index is 0.402. The quantitative estimate of drug-likeness (QED) is 0.810. The standard InChI is InChI=1S/C11H18N2S/c1-9(14-2)7-10(8-12)11-5-3-4-6-13-11/h3-6,9-10H,7-8,12H2,1-2H3/t9?,10-/m0/s1. The monoisotopic (exact) mass is 210 g/mol. The Bertz CT molecular complexity index is 251. The van der Waals surface area contributed by atoms with Crippen LogP contribution in [-0.2, 0) is 0 Å². The summed E-state index contributed by atoms with van der Waals surface area (Å²) in [6, 6.07) is 6.02. The molecule has 0 saturated carbocycles. The SMILES string of the molecule is CSC(C)C[C@@H](CN)c1ccccn1. The molecule has 0 amide bonds. The molecule has 1 unspecified atom stereocenters. The number of pyridine rings is 1. The zero-order chi connectivity index (χ0) is 10.4. The molecule has 0 aliphatic rings. The van der Waals surface area contributed by atoms with E-state index in [1.54, 1.807) is 0 Å². The predicted octanol–water partition coefficient (Wildman–Crippen LogP) is 2.27. The molecule has 0 aromatic carbocycles. The lowest BCUT2D eigenvalue weighted by Crippen LogP contribution is -2.17. The minimum absolute atomic E-state index is 0.402. The number of hydrogen-bond acceptors (Lipinski definition) is 3. The minimum Gasteiger partial charge on any atom is -0.330 e. The van der Waals surface area contributed by atoms with Crippen LogP contribution in [0.15, 0.2) is 24.4 Å². The summed E-state index contributed by atoms with van der Waals surface area (Å²) in [5, 5.41) is 0.644. The first-order chi connectivity index (χ1) is 6.77. The number of rotatable bonds is 5. The van der Waals surface area contributed by atoms with Crippen LogP contribution >= 0.6 is 11.8 Å². The number of hydrogen-bond donors (Lipinski definition) is 1. The van der Waals surface area contributed by atoms with Gasteiger partial charge in [-0.3, -0.25) is 4.98 Å². The highest BCUT2D eigenvalue weighted by Crippen LogP contribution is 2.22. The molecular weight excluding hydrogens is 192 g/mol. The van der Waals surface area contributed by atoms with Crippen molar-refractivity contribution >= 4 is 11.8 Å². The smallest absolute Gasteiger partial charge is 0.0447 e. The van der Waals surface area contributed by atoms with Gasteiger partial charge in [0.05, 0.1) is 0 Å². The summed E-state index contributed by atoms with van der Waals surface area (Å²) in [5.41, 5.74) is 6.88. The van der Waals surface area contributed by atoms with Gasteiger partial charge in [-0.15, -0.1) is 0 Å². The topological polar surface area (TPSA) is 38.9 Å². The van der Waals surface area contributed by atoms with E-state index in [0.717, 1.165) is 12.1 Å². The third-order valence-corrected chi connectivity index (χ3v) is 3.41. The van der Waals surface area contributed by atoms with E-state index < -0.39 is 0 Å². The molecule has 1 aromatic rings. The van der Waals surface area contributed by atoms with Gasteiger partial charge in [0.2, 0.25) is 0 Å². The second kappa shape index (κ2) is 6.04. The third-order valence-electron chi connectivity index (χ3n) is 2.41. The Morgan fingerprint density at radius 2 is 2.29 bits per heavy atom. The van der Waals surface area contributed by atoms with Crippen molar-refractivity contribution in [1.29, 1.82) is 0 Å². The van der Waals surface area contributed by atoms with Crippen molar-refractivity contribution < 1.29 is 0 Å². The number of thioether (sulfide) groups is 1. The van der Waals surface area contributed by atoms with Gasteiger partial charge < -0.3 is 5.73 Å². The largest absolute Gasteiger partial charge is 0.330 e. The lowest BCUT2D eigenvalue weighted by molar-refractivity contribution is 0.616. The van der Waals surface area contributed by atoms with Crippen LogP contribution in [0.1, 0.15) is 25.0 Å². The summed E-state index contributed by atoms with van der Waals surface area (Å²) in [4.78, 5) is 4.35. The molecule has 3 heteroatoms. The molecule has 0 radical (unpaired) electrons. The molecule has 0 spiro atoms. The zero-order valence-corrected chi connectivity index (χ0v) is 9.63. The van der Waals surface area contributed by atoms with Crippen LogP contribution in [0, 0.1) is 0 Å². The second-order valence-electron chi connectivity index (χ2n) is 3.47. The summed E-state index contributed by atoms with van der Waals surface area (Å²) >= 11 is 1.88. The maximum atomic E-state index is 5.76. The fraction of sp³-hybridized carbons (Fsp3) is 0.545. The van der Waals surface area contributed by atoms with E-state index >= 15 is 0 Å². The van der Waals surface area contributed by atoms with E-state index in [-0.39, 0.29) is 0 Å². The fourth-order valence-corrected chi connectivity index (χ4v) is 1.88. The van der Waals surface area contributed by atoms with Gasteiger partial charge in [-0.2, -0.15) is 11.8 Å². The van der Waals surface area contributed by atoms with Crippen molar-refractivity contribution in [3.8, 4) is 0 Å². The lowest BCUT2D eigenvalue weighted by atomic mass is 9.99. The van der Waals surface area contributed by atoms with Crippen LogP contribution in [0.4, 0.5) is 0 Å². The van der Waals surface area contributed by atoms with Crippen molar-refractivity contribution in [2.24, 2.45) is 5.73 Å². The van der Waals surface area contributed by atoms with E-state index in [4.69, 9.17) is 5.73 Å². The molecule has 0 saturated heterocycles. The van der Waals surface area contributed by atoms with Crippen molar-refractivity contribution in [1.82, 2.24) is 4.98 Å². The average Bonchev–Trinajstić information content (AvgIpc) is 2.26. The lowest BCUT2D eigenvalue weighted by Gasteiger charge is -2.17. The van der Waals surface area contributed by atoms with E-state index in [1.165, 1.54) is 0 Å². The summed E-state index contributed by atoms with van der Waals surface area (Å²) in [7, 11) is 0. The molecule has 1 rings (SSSR count). The normalized spacial score (nSPS) is 15.1. The van der Waals surface area contributed by atoms with Crippen molar-refractivity contribution in [3.63, 3.8) is 0 Å². The van der Waals surface area contributed by atoms with Crippen LogP contribution in [0.5, 0.6) is 0 Å². The molecule has 1 heterocycles. The highest BCUT2D eigenvalue weighted by atomic mass is 32.2. The van der Waals surface area contributed by atoms with E-state index in [9.17, 15) is 0 Å². The van der Waals surface area contributed by atoms with Crippen LogP contribution < -0.4 is 5.73 Å². The fourth-order valence-electron chi connectivity index (χ4n) is 1.45. The number of aromatic nitrogens is 1. The molecule has 0 aliphatic carbocycles.